The molecule has 5 heteroatoms. The zero-order chi connectivity index (χ0) is 12.6. The van der Waals surface area contributed by atoms with Crippen LogP contribution in [0, 0.1) is 5.41 Å². The largest absolute Gasteiger partial charge is 0.396 e. The van der Waals surface area contributed by atoms with Crippen LogP contribution in [0.15, 0.2) is 0 Å². The number of aliphatic hydroxyl groups is 2. The molecule has 2 rings (SSSR count). The van der Waals surface area contributed by atoms with E-state index in [0.717, 1.165) is 19.3 Å². The molecular weight excluding hydrogens is 240 g/mol. The molecule has 17 heavy (non-hydrogen) atoms. The summed E-state index contributed by atoms with van der Waals surface area (Å²) in [5.41, 5.74) is -1.44. The summed E-state index contributed by atoms with van der Waals surface area (Å²) in [7, 11) is -2.95. The molecule has 2 aliphatic rings. The van der Waals surface area contributed by atoms with Crippen molar-refractivity contribution >= 4 is 9.84 Å². The third-order valence-corrected chi connectivity index (χ3v) is 6.41. The maximum atomic E-state index is 11.5. The van der Waals surface area contributed by atoms with Gasteiger partial charge >= 0.3 is 0 Å². The van der Waals surface area contributed by atoms with Crippen molar-refractivity contribution in [3.63, 3.8) is 0 Å². The molecule has 0 spiro atoms. The number of sulfone groups is 1. The van der Waals surface area contributed by atoms with Crippen LogP contribution in [0.25, 0.3) is 0 Å². The van der Waals surface area contributed by atoms with E-state index in [0.29, 0.717) is 25.7 Å². The van der Waals surface area contributed by atoms with Gasteiger partial charge in [-0.2, -0.15) is 0 Å². The van der Waals surface area contributed by atoms with E-state index in [2.05, 4.69) is 0 Å². The lowest BCUT2D eigenvalue weighted by molar-refractivity contribution is -0.135. The predicted octanol–water partition coefficient (Wildman–Crippen LogP) is 0.869. The monoisotopic (exact) mass is 262 g/mol. The molecule has 1 aliphatic carbocycles. The lowest BCUT2D eigenvalue weighted by atomic mass is 9.62. The molecular formula is C12H22O4S. The Bertz CT molecular complexity index is 354. The lowest BCUT2D eigenvalue weighted by Gasteiger charge is -2.50. The Labute approximate surface area is 103 Å². The Balaban J connectivity index is 2.20. The SMILES string of the molecule is O=S1(=O)CCC(CO)(C2(O)CCCCC2)CC1. The molecule has 1 saturated carbocycles. The molecule has 0 bridgehead atoms. The third-order valence-electron chi connectivity index (χ3n) is 4.75. The van der Waals surface area contributed by atoms with Crippen molar-refractivity contribution in [2.24, 2.45) is 5.41 Å². The third kappa shape index (κ3) is 2.37. The van der Waals surface area contributed by atoms with Gasteiger partial charge in [0.05, 0.1) is 23.7 Å². The van der Waals surface area contributed by atoms with Crippen LogP contribution in [0.3, 0.4) is 0 Å². The molecule has 4 nitrogen and oxygen atoms in total. The zero-order valence-electron chi connectivity index (χ0n) is 10.2. The van der Waals surface area contributed by atoms with Gasteiger partial charge in [-0.3, -0.25) is 0 Å². The minimum atomic E-state index is -2.95. The smallest absolute Gasteiger partial charge is 0.150 e. The van der Waals surface area contributed by atoms with Gasteiger partial charge in [0.2, 0.25) is 0 Å². The van der Waals surface area contributed by atoms with Gasteiger partial charge in [0, 0.05) is 5.41 Å². The van der Waals surface area contributed by atoms with Crippen LogP contribution in [-0.4, -0.2) is 42.3 Å². The Morgan fingerprint density at radius 2 is 1.47 bits per heavy atom. The average Bonchev–Trinajstić information content (AvgIpc) is 2.30. The van der Waals surface area contributed by atoms with E-state index in [1.807, 2.05) is 0 Å². The molecule has 1 saturated heterocycles. The summed E-state index contributed by atoms with van der Waals surface area (Å²) < 4.78 is 23.0. The molecule has 2 fully saturated rings. The summed E-state index contributed by atoms with van der Waals surface area (Å²) in [5.74, 6) is 0.214. The molecule has 0 aromatic heterocycles. The van der Waals surface area contributed by atoms with E-state index < -0.39 is 20.9 Å². The van der Waals surface area contributed by atoms with E-state index in [-0.39, 0.29) is 18.1 Å². The second-order valence-electron chi connectivity index (χ2n) is 5.68. The fourth-order valence-corrected chi connectivity index (χ4v) is 4.97. The minimum Gasteiger partial charge on any atom is -0.396 e. The first-order chi connectivity index (χ1) is 7.93. The topological polar surface area (TPSA) is 74.6 Å². The van der Waals surface area contributed by atoms with Crippen LogP contribution in [-0.2, 0) is 9.84 Å². The van der Waals surface area contributed by atoms with Gasteiger partial charge in [-0.15, -0.1) is 0 Å². The number of hydrogen-bond acceptors (Lipinski definition) is 4. The van der Waals surface area contributed by atoms with Gasteiger partial charge in [0.1, 0.15) is 9.84 Å². The van der Waals surface area contributed by atoms with E-state index in [4.69, 9.17) is 0 Å². The molecule has 0 unspecified atom stereocenters. The van der Waals surface area contributed by atoms with Crippen molar-refractivity contribution in [2.75, 3.05) is 18.1 Å². The van der Waals surface area contributed by atoms with E-state index in [1.165, 1.54) is 0 Å². The molecule has 100 valence electrons. The fraction of sp³-hybridized carbons (Fsp3) is 1.00. The maximum Gasteiger partial charge on any atom is 0.150 e. The Hall–Kier alpha value is -0.130. The summed E-state index contributed by atoms with van der Waals surface area (Å²) in [5, 5.41) is 20.4. The molecule has 0 amide bonds. The molecule has 0 atom stereocenters. The van der Waals surface area contributed by atoms with Crippen LogP contribution >= 0.6 is 0 Å². The highest BCUT2D eigenvalue weighted by Gasteiger charge is 2.52. The van der Waals surface area contributed by atoms with Crippen LogP contribution in [0.1, 0.15) is 44.9 Å². The normalized spacial score (nSPS) is 30.9. The van der Waals surface area contributed by atoms with Gasteiger partial charge in [0.25, 0.3) is 0 Å². The highest BCUT2D eigenvalue weighted by atomic mass is 32.2. The minimum absolute atomic E-state index is 0.0982. The van der Waals surface area contributed by atoms with Gasteiger partial charge in [-0.25, -0.2) is 8.42 Å². The highest BCUT2D eigenvalue weighted by molar-refractivity contribution is 7.91. The standard InChI is InChI=1S/C12H22O4S/c13-10-11(6-8-17(15,16)9-7-11)12(14)4-2-1-3-5-12/h13-14H,1-10H2. The summed E-state index contributed by atoms with van der Waals surface area (Å²) >= 11 is 0. The van der Waals surface area contributed by atoms with Crippen molar-refractivity contribution in [3.8, 4) is 0 Å². The van der Waals surface area contributed by atoms with Crippen molar-refractivity contribution in [3.05, 3.63) is 0 Å². The second kappa shape index (κ2) is 4.52. The van der Waals surface area contributed by atoms with Gasteiger partial charge in [-0.05, 0) is 25.7 Å². The molecule has 2 N–H and O–H groups in total. The first kappa shape index (κ1) is 13.3. The van der Waals surface area contributed by atoms with Crippen LogP contribution in [0.5, 0.6) is 0 Å². The van der Waals surface area contributed by atoms with Crippen molar-refractivity contribution in [1.82, 2.24) is 0 Å². The zero-order valence-corrected chi connectivity index (χ0v) is 11.0. The quantitative estimate of drug-likeness (QED) is 0.774. The molecule has 1 aliphatic heterocycles. The Kier molecular flexibility index (Phi) is 3.54. The van der Waals surface area contributed by atoms with E-state index in [1.54, 1.807) is 0 Å². The van der Waals surface area contributed by atoms with Gasteiger partial charge < -0.3 is 10.2 Å². The van der Waals surface area contributed by atoms with Crippen molar-refractivity contribution in [2.45, 2.75) is 50.5 Å². The summed E-state index contributed by atoms with van der Waals surface area (Å²) in [6.07, 6.45) is 5.30. The predicted molar refractivity (Wildman–Crippen MR) is 65.4 cm³/mol. The van der Waals surface area contributed by atoms with Crippen molar-refractivity contribution < 1.29 is 18.6 Å². The number of aliphatic hydroxyl groups excluding tert-OH is 1. The number of rotatable bonds is 2. The van der Waals surface area contributed by atoms with Gasteiger partial charge in [0.15, 0.2) is 0 Å². The summed E-state index contributed by atoms with van der Waals surface area (Å²) in [6, 6.07) is 0. The van der Waals surface area contributed by atoms with E-state index >= 15 is 0 Å². The van der Waals surface area contributed by atoms with Crippen LogP contribution < -0.4 is 0 Å². The number of hydrogen-bond donors (Lipinski definition) is 2. The van der Waals surface area contributed by atoms with E-state index in [9.17, 15) is 18.6 Å². The average molecular weight is 262 g/mol. The Morgan fingerprint density at radius 3 is 1.94 bits per heavy atom. The lowest BCUT2D eigenvalue weighted by Crippen LogP contribution is -2.55. The van der Waals surface area contributed by atoms with Gasteiger partial charge in [-0.1, -0.05) is 19.3 Å². The maximum absolute atomic E-state index is 11.5. The molecule has 0 aromatic carbocycles. The molecule has 1 heterocycles. The second-order valence-corrected chi connectivity index (χ2v) is 7.99. The first-order valence-corrected chi connectivity index (χ1v) is 8.29. The fourth-order valence-electron chi connectivity index (χ4n) is 3.37. The summed E-state index contributed by atoms with van der Waals surface area (Å²) in [6.45, 7) is -0.0982. The van der Waals surface area contributed by atoms with Crippen molar-refractivity contribution in [1.29, 1.82) is 0 Å². The first-order valence-electron chi connectivity index (χ1n) is 6.47. The van der Waals surface area contributed by atoms with Crippen LogP contribution in [0.4, 0.5) is 0 Å². The Morgan fingerprint density at radius 1 is 0.941 bits per heavy atom. The van der Waals surface area contributed by atoms with Crippen LogP contribution in [0.2, 0.25) is 0 Å². The molecule has 0 radical (unpaired) electrons. The summed E-state index contributed by atoms with van der Waals surface area (Å²) in [4.78, 5) is 0. The highest BCUT2D eigenvalue weighted by Crippen LogP contribution is 2.48. The molecule has 0 aromatic rings.